The van der Waals surface area contributed by atoms with E-state index in [0.29, 0.717) is 29.5 Å². The SMILES string of the molecule is COc1cc(/C=C2/N=C(CCc3ccccc3OC)NC2=O)cc(OC)c1. The smallest absolute Gasteiger partial charge is 0.275 e. The number of rotatable bonds is 7. The Bertz CT molecular complexity index is 881. The third kappa shape index (κ3) is 4.47. The van der Waals surface area contributed by atoms with Crippen molar-refractivity contribution in [3.8, 4) is 17.2 Å². The lowest BCUT2D eigenvalue weighted by Crippen LogP contribution is -2.24. The van der Waals surface area contributed by atoms with E-state index in [-0.39, 0.29) is 5.91 Å². The van der Waals surface area contributed by atoms with Crippen molar-refractivity contribution in [1.82, 2.24) is 5.32 Å². The zero-order valence-corrected chi connectivity index (χ0v) is 15.6. The van der Waals surface area contributed by atoms with Gasteiger partial charge in [-0.3, -0.25) is 4.79 Å². The monoisotopic (exact) mass is 366 g/mol. The predicted octanol–water partition coefficient (Wildman–Crippen LogP) is 3.21. The number of methoxy groups -OCH3 is 3. The van der Waals surface area contributed by atoms with Crippen molar-refractivity contribution in [2.24, 2.45) is 4.99 Å². The number of aryl methyl sites for hydroxylation is 1. The Kier molecular flexibility index (Phi) is 5.76. The van der Waals surface area contributed by atoms with Gasteiger partial charge in [-0.05, 0) is 41.8 Å². The van der Waals surface area contributed by atoms with Crippen molar-refractivity contribution in [3.63, 3.8) is 0 Å². The number of benzene rings is 2. The van der Waals surface area contributed by atoms with Crippen molar-refractivity contribution >= 4 is 17.8 Å². The number of hydrogen-bond donors (Lipinski definition) is 1. The first-order valence-corrected chi connectivity index (χ1v) is 8.58. The third-order valence-corrected chi connectivity index (χ3v) is 4.25. The summed E-state index contributed by atoms with van der Waals surface area (Å²) in [4.78, 5) is 16.7. The second kappa shape index (κ2) is 8.40. The molecule has 0 saturated carbocycles. The van der Waals surface area contributed by atoms with Gasteiger partial charge >= 0.3 is 0 Å². The van der Waals surface area contributed by atoms with Crippen LogP contribution in [-0.4, -0.2) is 33.1 Å². The zero-order valence-electron chi connectivity index (χ0n) is 15.6. The highest BCUT2D eigenvalue weighted by molar-refractivity contribution is 6.14. The number of carbonyl (C=O) groups excluding carboxylic acids is 1. The van der Waals surface area contributed by atoms with Crippen molar-refractivity contribution in [3.05, 3.63) is 59.3 Å². The van der Waals surface area contributed by atoms with Crippen LogP contribution in [0.25, 0.3) is 6.08 Å². The van der Waals surface area contributed by atoms with Crippen molar-refractivity contribution in [1.29, 1.82) is 0 Å². The molecule has 1 amide bonds. The first kappa shape index (κ1) is 18.5. The standard InChI is InChI=1S/C21H22N2O4/c1-25-16-10-14(11-17(13-16)26-2)12-18-21(24)23-20(22-18)9-8-15-6-4-5-7-19(15)27-3/h4-7,10-13H,8-9H2,1-3H3,(H,22,23,24)/b18-12+. The van der Waals surface area contributed by atoms with Crippen LogP contribution >= 0.6 is 0 Å². The van der Waals surface area contributed by atoms with Crippen LogP contribution in [0.5, 0.6) is 17.2 Å². The molecule has 140 valence electrons. The molecule has 6 nitrogen and oxygen atoms in total. The number of hydrogen-bond acceptors (Lipinski definition) is 5. The van der Waals surface area contributed by atoms with Gasteiger partial charge in [0.25, 0.3) is 5.91 Å². The van der Waals surface area contributed by atoms with Gasteiger partial charge < -0.3 is 19.5 Å². The Morgan fingerprint density at radius 1 is 0.963 bits per heavy atom. The molecule has 2 aromatic rings. The minimum atomic E-state index is -0.216. The number of nitrogens with zero attached hydrogens (tertiary/aromatic N) is 1. The molecule has 0 aliphatic carbocycles. The average Bonchev–Trinajstić information content (AvgIpc) is 3.05. The molecule has 0 fully saturated rings. The molecule has 0 bridgehead atoms. The van der Waals surface area contributed by atoms with E-state index in [1.807, 2.05) is 36.4 Å². The fourth-order valence-corrected chi connectivity index (χ4v) is 2.87. The summed E-state index contributed by atoms with van der Waals surface area (Å²) >= 11 is 0. The maximum atomic E-state index is 12.3. The molecule has 27 heavy (non-hydrogen) atoms. The highest BCUT2D eigenvalue weighted by Gasteiger charge is 2.20. The maximum Gasteiger partial charge on any atom is 0.275 e. The minimum Gasteiger partial charge on any atom is -0.497 e. The van der Waals surface area contributed by atoms with E-state index in [9.17, 15) is 4.79 Å². The van der Waals surface area contributed by atoms with Crippen molar-refractivity contribution < 1.29 is 19.0 Å². The van der Waals surface area contributed by atoms with Crippen molar-refractivity contribution in [2.75, 3.05) is 21.3 Å². The van der Waals surface area contributed by atoms with Gasteiger partial charge in [-0.1, -0.05) is 18.2 Å². The highest BCUT2D eigenvalue weighted by atomic mass is 16.5. The van der Waals surface area contributed by atoms with Gasteiger partial charge in [0.2, 0.25) is 0 Å². The number of para-hydroxylation sites is 1. The Morgan fingerprint density at radius 2 is 1.67 bits per heavy atom. The summed E-state index contributed by atoms with van der Waals surface area (Å²) in [5, 5.41) is 2.83. The van der Waals surface area contributed by atoms with E-state index in [0.717, 1.165) is 23.3 Å². The van der Waals surface area contributed by atoms with Crippen LogP contribution in [0.4, 0.5) is 0 Å². The van der Waals surface area contributed by atoms with Gasteiger partial charge in [0.1, 0.15) is 28.8 Å². The Morgan fingerprint density at radius 3 is 2.33 bits per heavy atom. The number of aliphatic imine (C=N–C) groups is 1. The molecule has 0 saturated heterocycles. The highest BCUT2D eigenvalue weighted by Crippen LogP contribution is 2.25. The van der Waals surface area contributed by atoms with Crippen molar-refractivity contribution in [2.45, 2.75) is 12.8 Å². The number of amides is 1. The summed E-state index contributed by atoms with van der Waals surface area (Å²) in [7, 11) is 4.82. The lowest BCUT2D eigenvalue weighted by atomic mass is 10.1. The molecule has 0 spiro atoms. The molecule has 0 unspecified atom stereocenters. The minimum absolute atomic E-state index is 0.216. The van der Waals surface area contributed by atoms with Gasteiger partial charge in [0.05, 0.1) is 21.3 Å². The summed E-state index contributed by atoms with van der Waals surface area (Å²) in [5.74, 6) is 2.57. The molecule has 1 heterocycles. The Labute approximate surface area is 158 Å². The lowest BCUT2D eigenvalue weighted by Gasteiger charge is -2.07. The van der Waals surface area contributed by atoms with E-state index in [2.05, 4.69) is 10.3 Å². The lowest BCUT2D eigenvalue weighted by molar-refractivity contribution is -0.115. The molecule has 0 aromatic heterocycles. The molecule has 1 N–H and O–H groups in total. The zero-order chi connectivity index (χ0) is 19.2. The quantitative estimate of drug-likeness (QED) is 0.764. The Balaban J connectivity index is 1.77. The third-order valence-electron chi connectivity index (χ3n) is 4.25. The number of carbonyl (C=O) groups is 1. The average molecular weight is 366 g/mol. The van der Waals surface area contributed by atoms with E-state index >= 15 is 0 Å². The summed E-state index contributed by atoms with van der Waals surface area (Å²) in [6.07, 6.45) is 3.06. The second-order valence-corrected chi connectivity index (χ2v) is 6.00. The van der Waals surface area contributed by atoms with Gasteiger partial charge in [0, 0.05) is 12.5 Å². The first-order valence-electron chi connectivity index (χ1n) is 8.58. The van der Waals surface area contributed by atoms with Gasteiger partial charge in [0.15, 0.2) is 0 Å². The fourth-order valence-electron chi connectivity index (χ4n) is 2.87. The van der Waals surface area contributed by atoms with Crippen LogP contribution in [0.15, 0.2) is 53.2 Å². The van der Waals surface area contributed by atoms with Gasteiger partial charge in [-0.15, -0.1) is 0 Å². The molecule has 6 heteroatoms. The Hall–Kier alpha value is -3.28. The summed E-state index contributed by atoms with van der Waals surface area (Å²) < 4.78 is 15.9. The van der Waals surface area contributed by atoms with Crippen LogP contribution in [-0.2, 0) is 11.2 Å². The maximum absolute atomic E-state index is 12.3. The largest absolute Gasteiger partial charge is 0.497 e. The summed E-state index contributed by atoms with van der Waals surface area (Å²) in [6, 6.07) is 13.3. The molecule has 0 atom stereocenters. The molecule has 1 aliphatic heterocycles. The van der Waals surface area contributed by atoms with E-state index in [1.54, 1.807) is 33.5 Å². The van der Waals surface area contributed by atoms with E-state index in [1.165, 1.54) is 0 Å². The van der Waals surface area contributed by atoms with Crippen LogP contribution in [0.1, 0.15) is 17.5 Å². The van der Waals surface area contributed by atoms with Crippen LogP contribution < -0.4 is 19.5 Å². The van der Waals surface area contributed by atoms with Gasteiger partial charge in [-0.2, -0.15) is 0 Å². The molecule has 1 aliphatic rings. The van der Waals surface area contributed by atoms with Crippen LogP contribution in [0, 0.1) is 0 Å². The molecular formula is C21H22N2O4. The topological polar surface area (TPSA) is 69.2 Å². The predicted molar refractivity (Wildman–Crippen MR) is 104 cm³/mol. The summed E-state index contributed by atoms with van der Waals surface area (Å²) in [6.45, 7) is 0. The summed E-state index contributed by atoms with van der Waals surface area (Å²) in [5.41, 5.74) is 2.22. The number of nitrogens with one attached hydrogen (secondary N) is 1. The first-order chi connectivity index (χ1) is 13.1. The fraction of sp³-hybridized carbons (Fsp3) is 0.238. The number of amidine groups is 1. The van der Waals surface area contributed by atoms with Gasteiger partial charge in [-0.25, -0.2) is 4.99 Å². The van der Waals surface area contributed by atoms with E-state index in [4.69, 9.17) is 14.2 Å². The molecule has 0 radical (unpaired) electrons. The second-order valence-electron chi connectivity index (χ2n) is 6.00. The van der Waals surface area contributed by atoms with Crippen LogP contribution in [0.3, 0.4) is 0 Å². The molecule has 2 aromatic carbocycles. The van der Waals surface area contributed by atoms with Crippen LogP contribution in [0.2, 0.25) is 0 Å². The van der Waals surface area contributed by atoms with E-state index < -0.39 is 0 Å². The normalized spacial score (nSPS) is 14.7. The number of ether oxygens (including phenoxy) is 3. The molecule has 3 rings (SSSR count). The molecular weight excluding hydrogens is 344 g/mol.